The quantitative estimate of drug-likeness (QED) is 0.797. The van der Waals surface area contributed by atoms with Crippen molar-refractivity contribution >= 4 is 11.5 Å². The highest BCUT2D eigenvalue weighted by Gasteiger charge is 2.07. The van der Waals surface area contributed by atoms with Crippen LogP contribution in [0.5, 0.6) is 0 Å². The van der Waals surface area contributed by atoms with E-state index in [4.69, 9.17) is 5.26 Å². The Labute approximate surface area is 117 Å². The summed E-state index contributed by atoms with van der Waals surface area (Å²) in [5.41, 5.74) is 3.81. The Morgan fingerprint density at radius 3 is 1.90 bits per heavy atom. The molecule has 0 aromatic heterocycles. The van der Waals surface area contributed by atoms with E-state index in [1.807, 2.05) is 24.3 Å². The molecule has 0 aliphatic carbocycles. The fraction of sp³-hybridized carbons (Fsp3) is 0.0588. The lowest BCUT2D eigenvalue weighted by atomic mass is 9.98. The van der Waals surface area contributed by atoms with Crippen LogP contribution < -0.4 is 0 Å². The number of carbonyl (C=O) groups excluding carboxylic acids is 1. The second kappa shape index (κ2) is 5.85. The summed E-state index contributed by atoms with van der Waals surface area (Å²) in [5.74, 6) is -0.361. The average molecular weight is 263 g/mol. The van der Waals surface area contributed by atoms with Gasteiger partial charge in [-0.15, -0.1) is 0 Å². The first kappa shape index (κ1) is 13.6. The van der Waals surface area contributed by atoms with Crippen molar-refractivity contribution in [2.75, 3.05) is 7.11 Å². The third-order valence-corrected chi connectivity index (χ3v) is 3.02. The van der Waals surface area contributed by atoms with Crippen LogP contribution in [0.15, 0.2) is 55.1 Å². The van der Waals surface area contributed by atoms with E-state index in [2.05, 4.69) is 17.4 Å². The van der Waals surface area contributed by atoms with Crippen LogP contribution in [0.1, 0.15) is 27.0 Å². The maximum absolute atomic E-state index is 11.4. The molecule has 0 atom stereocenters. The summed E-state index contributed by atoms with van der Waals surface area (Å²) in [7, 11) is 1.35. The maximum Gasteiger partial charge on any atom is 0.337 e. The molecule has 2 rings (SSSR count). The molecule has 2 aromatic rings. The van der Waals surface area contributed by atoms with E-state index in [9.17, 15) is 4.79 Å². The normalized spacial score (nSPS) is 9.60. The number of nitrogens with zero attached hydrogens (tertiary/aromatic N) is 1. The molecule has 0 bridgehead atoms. The zero-order chi connectivity index (χ0) is 14.5. The van der Waals surface area contributed by atoms with Crippen LogP contribution in [0.3, 0.4) is 0 Å². The van der Waals surface area contributed by atoms with Gasteiger partial charge in [-0.25, -0.2) is 4.79 Å². The molecule has 0 aliphatic rings. The molecule has 0 heterocycles. The summed E-state index contributed by atoms with van der Waals surface area (Å²) in [6.07, 6.45) is 0. The summed E-state index contributed by atoms with van der Waals surface area (Å²) in [6.45, 7) is 4.05. The van der Waals surface area contributed by atoms with Crippen molar-refractivity contribution in [2.45, 2.75) is 0 Å². The number of esters is 1. The number of carbonyl (C=O) groups is 1. The van der Waals surface area contributed by atoms with Gasteiger partial charge in [-0.05, 0) is 41.0 Å². The van der Waals surface area contributed by atoms with Crippen LogP contribution in [0.4, 0.5) is 0 Å². The van der Waals surface area contributed by atoms with Gasteiger partial charge >= 0.3 is 5.97 Å². The largest absolute Gasteiger partial charge is 0.465 e. The Bertz CT molecular complexity index is 676. The van der Waals surface area contributed by atoms with E-state index in [-0.39, 0.29) is 5.97 Å². The van der Waals surface area contributed by atoms with Gasteiger partial charge in [0.2, 0.25) is 0 Å². The van der Waals surface area contributed by atoms with Gasteiger partial charge in [0, 0.05) is 0 Å². The predicted molar refractivity (Wildman–Crippen MR) is 77.1 cm³/mol. The van der Waals surface area contributed by atoms with Gasteiger partial charge in [-0.3, -0.25) is 0 Å². The molecule has 0 fully saturated rings. The van der Waals surface area contributed by atoms with Gasteiger partial charge in [0.1, 0.15) is 0 Å². The molecule has 0 amide bonds. The first-order chi connectivity index (χ1) is 9.65. The van der Waals surface area contributed by atoms with Crippen molar-refractivity contribution in [3.8, 4) is 6.07 Å². The highest BCUT2D eigenvalue weighted by Crippen LogP contribution is 2.22. The van der Waals surface area contributed by atoms with E-state index in [0.29, 0.717) is 11.1 Å². The number of methoxy groups -OCH3 is 1. The molecular weight excluding hydrogens is 250 g/mol. The Morgan fingerprint density at radius 1 is 1.00 bits per heavy atom. The molecule has 0 saturated carbocycles. The molecule has 98 valence electrons. The van der Waals surface area contributed by atoms with Crippen LogP contribution in [-0.2, 0) is 4.74 Å². The fourth-order valence-corrected chi connectivity index (χ4v) is 1.84. The molecule has 3 heteroatoms. The predicted octanol–water partition coefficient (Wildman–Crippen LogP) is 3.41. The lowest BCUT2D eigenvalue weighted by Crippen LogP contribution is -2.00. The maximum atomic E-state index is 11.4. The number of hydrogen-bond acceptors (Lipinski definition) is 3. The topological polar surface area (TPSA) is 50.1 Å². The van der Waals surface area contributed by atoms with Crippen molar-refractivity contribution in [1.29, 1.82) is 5.26 Å². The molecule has 0 spiro atoms. The van der Waals surface area contributed by atoms with Crippen molar-refractivity contribution in [1.82, 2.24) is 0 Å². The van der Waals surface area contributed by atoms with Crippen molar-refractivity contribution in [3.05, 3.63) is 77.4 Å². The lowest BCUT2D eigenvalue weighted by molar-refractivity contribution is 0.0600. The average Bonchev–Trinajstić information content (AvgIpc) is 2.53. The number of ether oxygens (including phenoxy) is 1. The molecular formula is C17H13NO2. The van der Waals surface area contributed by atoms with Gasteiger partial charge in [0.05, 0.1) is 24.3 Å². The van der Waals surface area contributed by atoms with Gasteiger partial charge in [0.15, 0.2) is 0 Å². The molecule has 20 heavy (non-hydrogen) atoms. The van der Waals surface area contributed by atoms with Gasteiger partial charge in [-0.2, -0.15) is 5.26 Å². The van der Waals surface area contributed by atoms with E-state index >= 15 is 0 Å². The molecule has 0 N–H and O–H groups in total. The first-order valence-electron chi connectivity index (χ1n) is 6.04. The SMILES string of the molecule is C=C(c1ccc(C#N)cc1)c1ccc(C(=O)OC)cc1. The second-order valence-corrected chi connectivity index (χ2v) is 4.24. The van der Waals surface area contributed by atoms with E-state index in [1.54, 1.807) is 24.3 Å². The lowest BCUT2D eigenvalue weighted by Gasteiger charge is -2.07. The van der Waals surface area contributed by atoms with Crippen LogP contribution in [0.25, 0.3) is 5.57 Å². The van der Waals surface area contributed by atoms with Crippen molar-refractivity contribution in [3.63, 3.8) is 0 Å². The summed E-state index contributed by atoms with van der Waals surface area (Å²) in [4.78, 5) is 11.4. The van der Waals surface area contributed by atoms with Crippen LogP contribution in [0.2, 0.25) is 0 Å². The van der Waals surface area contributed by atoms with Gasteiger partial charge in [0.25, 0.3) is 0 Å². The molecule has 2 aromatic carbocycles. The number of benzene rings is 2. The zero-order valence-electron chi connectivity index (χ0n) is 11.1. The van der Waals surface area contributed by atoms with Crippen molar-refractivity contribution < 1.29 is 9.53 Å². The summed E-state index contributed by atoms with van der Waals surface area (Å²) < 4.78 is 4.65. The van der Waals surface area contributed by atoms with Gasteiger partial charge < -0.3 is 4.74 Å². The van der Waals surface area contributed by atoms with E-state index in [1.165, 1.54) is 7.11 Å². The Balaban J connectivity index is 2.24. The Kier molecular flexibility index (Phi) is 3.97. The number of nitriles is 1. The minimum Gasteiger partial charge on any atom is -0.465 e. The summed E-state index contributed by atoms with van der Waals surface area (Å²) in [6, 6.07) is 16.4. The highest BCUT2D eigenvalue weighted by molar-refractivity contribution is 5.90. The Hall–Kier alpha value is -2.86. The standard InChI is InChI=1S/C17H13NO2/c1-12(14-5-3-13(11-18)4-6-14)15-7-9-16(10-8-15)17(19)20-2/h3-10H,1H2,2H3. The molecule has 3 nitrogen and oxygen atoms in total. The van der Waals surface area contributed by atoms with Gasteiger partial charge in [-0.1, -0.05) is 30.8 Å². The van der Waals surface area contributed by atoms with Crippen LogP contribution in [0, 0.1) is 11.3 Å². The first-order valence-corrected chi connectivity index (χ1v) is 6.04. The fourth-order valence-electron chi connectivity index (χ4n) is 1.84. The third-order valence-electron chi connectivity index (χ3n) is 3.02. The monoisotopic (exact) mass is 263 g/mol. The van der Waals surface area contributed by atoms with E-state index in [0.717, 1.165) is 16.7 Å². The smallest absolute Gasteiger partial charge is 0.337 e. The minimum absolute atomic E-state index is 0.361. The minimum atomic E-state index is -0.361. The zero-order valence-corrected chi connectivity index (χ0v) is 11.1. The number of hydrogen-bond donors (Lipinski definition) is 0. The van der Waals surface area contributed by atoms with E-state index < -0.39 is 0 Å². The van der Waals surface area contributed by atoms with Crippen LogP contribution >= 0.6 is 0 Å². The van der Waals surface area contributed by atoms with Crippen LogP contribution in [-0.4, -0.2) is 13.1 Å². The summed E-state index contributed by atoms with van der Waals surface area (Å²) >= 11 is 0. The van der Waals surface area contributed by atoms with Crippen molar-refractivity contribution in [2.24, 2.45) is 0 Å². The molecule has 0 unspecified atom stereocenters. The highest BCUT2D eigenvalue weighted by atomic mass is 16.5. The molecule has 0 aliphatic heterocycles. The Morgan fingerprint density at radius 2 is 1.45 bits per heavy atom. The second-order valence-electron chi connectivity index (χ2n) is 4.24. The molecule has 0 saturated heterocycles. The number of rotatable bonds is 3. The summed E-state index contributed by atoms with van der Waals surface area (Å²) in [5, 5.41) is 8.77. The molecule has 0 radical (unpaired) electrons. The third kappa shape index (κ3) is 2.76.